The first-order valence-corrected chi connectivity index (χ1v) is 15.2. The lowest BCUT2D eigenvalue weighted by molar-refractivity contribution is 1.18. The number of rotatable bonds is 3. The number of hydrogen-bond donors (Lipinski definition) is 0. The Bertz CT molecular complexity index is 2670. The highest BCUT2D eigenvalue weighted by molar-refractivity contribution is 6.32. The Hall–Kier alpha value is -5.86. The molecule has 10 rings (SSSR count). The maximum atomic E-state index is 2.47. The van der Waals surface area contributed by atoms with Crippen LogP contribution in [0.2, 0.25) is 0 Å². The second-order valence-electron chi connectivity index (χ2n) is 11.8. The summed E-state index contributed by atoms with van der Waals surface area (Å²) in [7, 11) is 0. The van der Waals surface area contributed by atoms with Gasteiger partial charge in [0, 0.05) is 38.0 Å². The van der Waals surface area contributed by atoms with E-state index >= 15 is 0 Å². The van der Waals surface area contributed by atoms with Crippen LogP contribution in [-0.4, -0.2) is 8.97 Å². The first kappa shape index (κ1) is 23.7. The van der Waals surface area contributed by atoms with Crippen molar-refractivity contribution in [3.63, 3.8) is 0 Å². The van der Waals surface area contributed by atoms with Gasteiger partial charge in [0.15, 0.2) is 0 Å². The Morgan fingerprint density at radius 1 is 0.295 bits per heavy atom. The van der Waals surface area contributed by atoms with Crippen LogP contribution in [0.15, 0.2) is 158 Å². The molecule has 0 N–H and O–H groups in total. The van der Waals surface area contributed by atoms with Crippen molar-refractivity contribution >= 4 is 59.9 Å². The van der Waals surface area contributed by atoms with E-state index in [9.17, 15) is 0 Å². The van der Waals surface area contributed by atoms with E-state index in [0.29, 0.717) is 0 Å². The minimum Gasteiger partial charge on any atom is -0.309 e. The van der Waals surface area contributed by atoms with Gasteiger partial charge < -0.3 is 8.97 Å². The standard InChI is InChI=1S/C42H26N2/c1-2-9-27(10-3-1)28-17-19-29(20-18-28)30-21-23-31(24-22-30)43-37-16-7-5-12-34(37)40-38(43)25-26-39-41(40)35-14-8-13-33-32-11-4-6-15-36(32)44(39)42(33)35/h1-26H. The molecular weight excluding hydrogens is 532 g/mol. The fourth-order valence-electron chi connectivity index (χ4n) is 7.55. The van der Waals surface area contributed by atoms with E-state index in [4.69, 9.17) is 0 Å². The zero-order valence-corrected chi connectivity index (χ0v) is 23.9. The fraction of sp³-hybridized carbons (Fsp3) is 0. The molecule has 0 aliphatic carbocycles. The summed E-state index contributed by atoms with van der Waals surface area (Å²) in [5, 5.41) is 7.88. The normalized spacial score (nSPS) is 12.1. The molecule has 0 saturated heterocycles. The molecule has 0 bridgehead atoms. The van der Waals surface area contributed by atoms with E-state index in [1.165, 1.54) is 87.8 Å². The van der Waals surface area contributed by atoms with Gasteiger partial charge in [-0.2, -0.15) is 0 Å². The topological polar surface area (TPSA) is 9.34 Å². The molecule has 3 heterocycles. The van der Waals surface area contributed by atoms with Crippen molar-refractivity contribution in [2.24, 2.45) is 0 Å². The van der Waals surface area contributed by atoms with E-state index in [1.54, 1.807) is 0 Å². The molecule has 0 aliphatic rings. The quantitative estimate of drug-likeness (QED) is 0.204. The smallest absolute Gasteiger partial charge is 0.0620 e. The van der Waals surface area contributed by atoms with Crippen LogP contribution in [0.25, 0.3) is 87.8 Å². The maximum Gasteiger partial charge on any atom is 0.0620 e. The Morgan fingerprint density at radius 2 is 0.818 bits per heavy atom. The van der Waals surface area contributed by atoms with Gasteiger partial charge in [0.25, 0.3) is 0 Å². The molecule has 2 nitrogen and oxygen atoms in total. The highest BCUT2D eigenvalue weighted by atomic mass is 15.0. The lowest BCUT2D eigenvalue weighted by Gasteiger charge is -2.10. The number of nitrogens with zero attached hydrogens (tertiary/aromatic N) is 2. The largest absolute Gasteiger partial charge is 0.309 e. The van der Waals surface area contributed by atoms with Gasteiger partial charge in [-0.25, -0.2) is 0 Å². The molecule has 0 atom stereocenters. The van der Waals surface area contributed by atoms with E-state index < -0.39 is 0 Å². The zero-order chi connectivity index (χ0) is 28.8. The third-order valence-corrected chi connectivity index (χ3v) is 9.47. The minimum absolute atomic E-state index is 1.17. The van der Waals surface area contributed by atoms with Gasteiger partial charge in [-0.05, 0) is 58.7 Å². The van der Waals surface area contributed by atoms with Gasteiger partial charge in [0.1, 0.15) is 0 Å². The van der Waals surface area contributed by atoms with E-state index in [0.717, 1.165) is 0 Å². The first-order valence-electron chi connectivity index (χ1n) is 15.2. The lowest BCUT2D eigenvalue weighted by atomic mass is 10.0. The molecule has 204 valence electrons. The van der Waals surface area contributed by atoms with Crippen LogP contribution in [0.1, 0.15) is 0 Å². The van der Waals surface area contributed by atoms with Crippen LogP contribution >= 0.6 is 0 Å². The predicted molar refractivity (Wildman–Crippen MR) is 186 cm³/mol. The van der Waals surface area contributed by atoms with Crippen molar-refractivity contribution in [3.8, 4) is 27.9 Å². The zero-order valence-electron chi connectivity index (χ0n) is 23.9. The van der Waals surface area contributed by atoms with Crippen LogP contribution in [-0.2, 0) is 0 Å². The van der Waals surface area contributed by atoms with Gasteiger partial charge in [-0.1, -0.05) is 121 Å². The summed E-state index contributed by atoms with van der Waals surface area (Å²) in [5.74, 6) is 0. The lowest BCUT2D eigenvalue weighted by Crippen LogP contribution is -1.93. The second kappa shape index (κ2) is 8.82. The highest BCUT2D eigenvalue weighted by Gasteiger charge is 2.22. The van der Waals surface area contributed by atoms with Gasteiger partial charge in [-0.3, -0.25) is 0 Å². The molecule has 0 aliphatic heterocycles. The average Bonchev–Trinajstić information content (AvgIpc) is 3.74. The first-order chi connectivity index (χ1) is 21.8. The number of hydrogen-bond acceptors (Lipinski definition) is 0. The molecule has 3 aromatic heterocycles. The number of aromatic nitrogens is 2. The summed E-state index contributed by atoms with van der Waals surface area (Å²) in [6, 6.07) is 57.5. The summed E-state index contributed by atoms with van der Waals surface area (Å²) >= 11 is 0. The molecule has 0 amide bonds. The van der Waals surface area contributed by atoms with Gasteiger partial charge in [0.2, 0.25) is 0 Å². The monoisotopic (exact) mass is 558 g/mol. The third kappa shape index (κ3) is 3.14. The summed E-state index contributed by atoms with van der Waals surface area (Å²) < 4.78 is 4.90. The third-order valence-electron chi connectivity index (χ3n) is 9.47. The van der Waals surface area contributed by atoms with Gasteiger partial charge in [-0.15, -0.1) is 0 Å². The minimum atomic E-state index is 1.17. The predicted octanol–water partition coefficient (Wildman–Crippen LogP) is 11.3. The summed E-state index contributed by atoms with van der Waals surface area (Å²) in [4.78, 5) is 0. The van der Waals surface area contributed by atoms with Crippen LogP contribution < -0.4 is 0 Å². The highest BCUT2D eigenvalue weighted by Crippen LogP contribution is 2.44. The molecule has 0 saturated carbocycles. The maximum absolute atomic E-state index is 2.47. The molecular formula is C42H26N2. The summed E-state index contributed by atoms with van der Waals surface area (Å²) in [6.07, 6.45) is 0. The Balaban J connectivity index is 1.18. The molecule has 0 spiro atoms. The molecule has 0 unspecified atom stereocenters. The van der Waals surface area contributed by atoms with Gasteiger partial charge in [0.05, 0.1) is 27.6 Å². The Labute approximate surface area is 254 Å². The van der Waals surface area contributed by atoms with Crippen molar-refractivity contribution in [2.45, 2.75) is 0 Å². The average molecular weight is 559 g/mol. The Kier molecular flexibility index (Phi) is 4.75. The van der Waals surface area contributed by atoms with E-state index in [2.05, 4.69) is 167 Å². The number of benzene rings is 7. The second-order valence-corrected chi connectivity index (χ2v) is 11.8. The van der Waals surface area contributed by atoms with Crippen molar-refractivity contribution < 1.29 is 0 Å². The number of para-hydroxylation sites is 3. The fourth-order valence-corrected chi connectivity index (χ4v) is 7.55. The summed E-state index contributed by atoms with van der Waals surface area (Å²) in [5.41, 5.74) is 12.4. The van der Waals surface area contributed by atoms with Crippen LogP contribution in [0.5, 0.6) is 0 Å². The van der Waals surface area contributed by atoms with Crippen molar-refractivity contribution in [2.75, 3.05) is 0 Å². The SMILES string of the molecule is c1ccc(-c2ccc(-c3ccc(-n4c5ccccc5c5c6c7cccc8c9ccccc9n(c6ccc54)c87)cc3)cc2)cc1. The molecule has 44 heavy (non-hydrogen) atoms. The van der Waals surface area contributed by atoms with Crippen molar-refractivity contribution in [1.29, 1.82) is 0 Å². The van der Waals surface area contributed by atoms with Crippen molar-refractivity contribution in [3.05, 3.63) is 158 Å². The van der Waals surface area contributed by atoms with E-state index in [-0.39, 0.29) is 0 Å². The molecule has 0 fully saturated rings. The Morgan fingerprint density at radius 3 is 1.57 bits per heavy atom. The molecule has 2 heteroatoms. The molecule has 10 aromatic rings. The van der Waals surface area contributed by atoms with Crippen LogP contribution in [0, 0.1) is 0 Å². The van der Waals surface area contributed by atoms with Gasteiger partial charge >= 0.3 is 0 Å². The number of fused-ring (bicyclic) bond motifs is 10. The molecule has 0 radical (unpaired) electrons. The van der Waals surface area contributed by atoms with E-state index in [1.807, 2.05) is 0 Å². The van der Waals surface area contributed by atoms with Crippen LogP contribution in [0.3, 0.4) is 0 Å². The van der Waals surface area contributed by atoms with Crippen LogP contribution in [0.4, 0.5) is 0 Å². The summed E-state index contributed by atoms with van der Waals surface area (Å²) in [6.45, 7) is 0. The molecule has 7 aromatic carbocycles. The van der Waals surface area contributed by atoms with Crippen molar-refractivity contribution in [1.82, 2.24) is 8.97 Å².